The molecule has 2 heterocycles. The molecule has 2 aliphatic rings. The van der Waals surface area contributed by atoms with Crippen molar-refractivity contribution in [1.29, 1.82) is 0 Å². The molecule has 1 aromatic rings. The van der Waals surface area contributed by atoms with Gasteiger partial charge in [0.25, 0.3) is 5.91 Å². The third-order valence-electron chi connectivity index (χ3n) is 5.70. The Morgan fingerprint density at radius 2 is 2.11 bits per heavy atom. The lowest BCUT2D eigenvalue weighted by atomic mass is 9.91. The van der Waals surface area contributed by atoms with Crippen molar-refractivity contribution in [3.05, 3.63) is 29.6 Å². The predicted octanol–water partition coefficient (Wildman–Crippen LogP) is 3.29. The maximum atomic E-state index is 13.2. The quantitative estimate of drug-likeness (QED) is 0.547. The summed E-state index contributed by atoms with van der Waals surface area (Å²) in [5.41, 5.74) is 3.12. The van der Waals surface area contributed by atoms with Gasteiger partial charge in [-0.05, 0) is 57.1 Å². The SMILES string of the molecule is C=CCn1nc(C(=O)N2CCCCCC2)c2c1CCC(NCCCSC)C2. The van der Waals surface area contributed by atoms with Gasteiger partial charge in [0, 0.05) is 30.4 Å². The van der Waals surface area contributed by atoms with Gasteiger partial charge in [0.05, 0.1) is 6.54 Å². The highest BCUT2D eigenvalue weighted by Crippen LogP contribution is 2.27. The maximum Gasteiger partial charge on any atom is 0.274 e. The van der Waals surface area contributed by atoms with E-state index in [9.17, 15) is 4.79 Å². The first-order valence-electron chi connectivity index (χ1n) is 10.5. The Morgan fingerprint density at radius 1 is 1.33 bits per heavy atom. The standard InChI is InChI=1S/C21H34N4OS/c1-3-12-25-19-10-9-17(22-11-8-15-27-2)16-18(19)20(23-25)21(26)24-13-6-4-5-7-14-24/h3,17,22H,1,4-16H2,2H3. The maximum absolute atomic E-state index is 13.2. The highest BCUT2D eigenvalue weighted by Gasteiger charge is 2.31. The van der Waals surface area contributed by atoms with Crippen molar-refractivity contribution in [3.8, 4) is 0 Å². The van der Waals surface area contributed by atoms with Crippen molar-refractivity contribution < 1.29 is 4.79 Å². The third-order valence-corrected chi connectivity index (χ3v) is 6.40. The summed E-state index contributed by atoms with van der Waals surface area (Å²) in [6.45, 7) is 7.34. The van der Waals surface area contributed by atoms with Crippen molar-refractivity contribution >= 4 is 17.7 Å². The Balaban J connectivity index is 1.76. The number of nitrogens with one attached hydrogen (secondary N) is 1. The first-order chi connectivity index (χ1) is 13.2. The summed E-state index contributed by atoms with van der Waals surface area (Å²) >= 11 is 1.90. The topological polar surface area (TPSA) is 50.2 Å². The zero-order valence-electron chi connectivity index (χ0n) is 16.7. The van der Waals surface area contributed by atoms with E-state index in [4.69, 9.17) is 5.10 Å². The van der Waals surface area contributed by atoms with E-state index in [1.165, 1.54) is 36.3 Å². The van der Waals surface area contributed by atoms with Gasteiger partial charge in [-0.15, -0.1) is 6.58 Å². The molecule has 0 spiro atoms. The summed E-state index contributed by atoms with van der Waals surface area (Å²) < 4.78 is 2.01. The number of carbonyl (C=O) groups is 1. The van der Waals surface area contributed by atoms with Crippen LogP contribution >= 0.6 is 11.8 Å². The Bertz CT molecular complexity index is 634. The fraction of sp³-hybridized carbons (Fsp3) is 0.714. The van der Waals surface area contributed by atoms with Crippen LogP contribution in [0, 0.1) is 0 Å². The van der Waals surface area contributed by atoms with Crippen LogP contribution in [0.5, 0.6) is 0 Å². The number of hydrogen-bond donors (Lipinski definition) is 1. The summed E-state index contributed by atoms with van der Waals surface area (Å²) in [5, 5.41) is 8.45. The van der Waals surface area contributed by atoms with Crippen LogP contribution in [0.1, 0.15) is 60.3 Å². The monoisotopic (exact) mass is 390 g/mol. The number of carbonyl (C=O) groups excluding carboxylic acids is 1. The molecular weight excluding hydrogens is 356 g/mol. The summed E-state index contributed by atoms with van der Waals surface area (Å²) in [7, 11) is 0. The highest BCUT2D eigenvalue weighted by atomic mass is 32.2. The van der Waals surface area contributed by atoms with Crippen molar-refractivity contribution in [2.45, 2.75) is 64.0 Å². The third kappa shape index (κ3) is 5.17. The molecule has 1 atom stereocenters. The first kappa shape index (κ1) is 20.5. The van der Waals surface area contributed by atoms with E-state index in [0.717, 1.165) is 51.7 Å². The molecule has 27 heavy (non-hydrogen) atoms. The highest BCUT2D eigenvalue weighted by molar-refractivity contribution is 7.98. The Hall–Kier alpha value is -1.27. The lowest BCUT2D eigenvalue weighted by Crippen LogP contribution is -2.37. The molecular formula is C21H34N4OS. The number of thioether (sulfide) groups is 1. The molecule has 1 aliphatic carbocycles. The number of fused-ring (bicyclic) bond motifs is 1. The fourth-order valence-corrected chi connectivity index (χ4v) is 4.69. The normalized spacial score (nSPS) is 20.2. The first-order valence-corrected chi connectivity index (χ1v) is 11.8. The predicted molar refractivity (Wildman–Crippen MR) is 114 cm³/mol. The zero-order valence-corrected chi connectivity index (χ0v) is 17.5. The molecule has 150 valence electrons. The molecule has 3 rings (SSSR count). The van der Waals surface area contributed by atoms with E-state index in [1.54, 1.807) is 0 Å². The van der Waals surface area contributed by atoms with Gasteiger partial charge in [-0.25, -0.2) is 0 Å². The number of likely N-dealkylation sites (tertiary alicyclic amines) is 1. The Morgan fingerprint density at radius 3 is 2.81 bits per heavy atom. The summed E-state index contributed by atoms with van der Waals surface area (Å²) in [6.07, 6.45) is 12.9. The van der Waals surface area contributed by atoms with E-state index in [-0.39, 0.29) is 5.91 Å². The van der Waals surface area contributed by atoms with Crippen LogP contribution in [0.2, 0.25) is 0 Å². The number of nitrogens with zero attached hydrogens (tertiary/aromatic N) is 3. The number of amides is 1. The van der Waals surface area contributed by atoms with Gasteiger partial charge < -0.3 is 10.2 Å². The molecule has 1 aromatic heterocycles. The Kier molecular flexibility index (Phi) is 7.82. The van der Waals surface area contributed by atoms with Gasteiger partial charge in [0.2, 0.25) is 0 Å². The van der Waals surface area contributed by atoms with Gasteiger partial charge in [0.15, 0.2) is 5.69 Å². The molecule has 0 aromatic carbocycles. The van der Waals surface area contributed by atoms with Crippen LogP contribution in [-0.4, -0.2) is 58.3 Å². The number of rotatable bonds is 8. The molecule has 6 heteroatoms. The second-order valence-electron chi connectivity index (χ2n) is 7.69. The van der Waals surface area contributed by atoms with E-state index in [0.29, 0.717) is 18.3 Å². The number of allylic oxidation sites excluding steroid dienone is 1. The average Bonchev–Trinajstić information content (AvgIpc) is 2.85. The molecule has 0 saturated carbocycles. The van der Waals surface area contributed by atoms with Crippen LogP contribution in [0.15, 0.2) is 12.7 Å². The van der Waals surface area contributed by atoms with Gasteiger partial charge >= 0.3 is 0 Å². The van der Waals surface area contributed by atoms with Crippen molar-refractivity contribution in [2.75, 3.05) is 31.6 Å². The number of hydrogen-bond acceptors (Lipinski definition) is 4. The second kappa shape index (κ2) is 10.3. The minimum atomic E-state index is 0.138. The molecule has 0 bridgehead atoms. The zero-order chi connectivity index (χ0) is 19.1. The molecule has 1 N–H and O–H groups in total. The fourth-order valence-electron chi connectivity index (χ4n) is 4.25. The minimum absolute atomic E-state index is 0.138. The number of aromatic nitrogens is 2. The van der Waals surface area contributed by atoms with Crippen LogP contribution in [0.25, 0.3) is 0 Å². The summed E-state index contributed by atoms with van der Waals surface area (Å²) in [4.78, 5) is 15.3. The molecule has 1 aliphatic heterocycles. The molecule has 1 saturated heterocycles. The van der Waals surface area contributed by atoms with Gasteiger partial charge in [-0.3, -0.25) is 9.48 Å². The van der Waals surface area contributed by atoms with Crippen molar-refractivity contribution in [3.63, 3.8) is 0 Å². The van der Waals surface area contributed by atoms with Gasteiger partial charge in [-0.1, -0.05) is 18.9 Å². The van der Waals surface area contributed by atoms with Crippen LogP contribution in [0.3, 0.4) is 0 Å². The van der Waals surface area contributed by atoms with Crippen molar-refractivity contribution in [1.82, 2.24) is 20.0 Å². The largest absolute Gasteiger partial charge is 0.337 e. The molecule has 0 radical (unpaired) electrons. The average molecular weight is 391 g/mol. The Labute approximate surface area is 168 Å². The molecule has 1 amide bonds. The van der Waals surface area contributed by atoms with Gasteiger partial charge in [-0.2, -0.15) is 16.9 Å². The second-order valence-corrected chi connectivity index (χ2v) is 8.68. The smallest absolute Gasteiger partial charge is 0.274 e. The summed E-state index contributed by atoms with van der Waals surface area (Å²) in [5.74, 6) is 1.33. The van der Waals surface area contributed by atoms with E-state index < -0.39 is 0 Å². The van der Waals surface area contributed by atoms with E-state index in [1.807, 2.05) is 27.4 Å². The minimum Gasteiger partial charge on any atom is -0.337 e. The molecule has 5 nitrogen and oxygen atoms in total. The molecule has 1 unspecified atom stereocenters. The van der Waals surface area contributed by atoms with Crippen LogP contribution < -0.4 is 5.32 Å². The van der Waals surface area contributed by atoms with Crippen molar-refractivity contribution in [2.24, 2.45) is 0 Å². The van der Waals surface area contributed by atoms with Gasteiger partial charge in [0.1, 0.15) is 0 Å². The van der Waals surface area contributed by atoms with Crippen LogP contribution in [0.4, 0.5) is 0 Å². The lowest BCUT2D eigenvalue weighted by molar-refractivity contribution is 0.0753. The molecule has 1 fully saturated rings. The summed E-state index contributed by atoms with van der Waals surface area (Å²) in [6, 6.07) is 0.455. The van der Waals surface area contributed by atoms with E-state index >= 15 is 0 Å². The lowest BCUT2D eigenvalue weighted by Gasteiger charge is -2.25. The van der Waals surface area contributed by atoms with Crippen LogP contribution in [-0.2, 0) is 19.4 Å². The van der Waals surface area contributed by atoms with E-state index in [2.05, 4.69) is 18.2 Å².